The zero-order valence-electron chi connectivity index (χ0n) is 11.4. The lowest BCUT2D eigenvalue weighted by atomic mass is 10.4. The van der Waals surface area contributed by atoms with E-state index in [0.717, 1.165) is 11.1 Å². The number of thioether (sulfide) groups is 1. The number of sulfonamides is 1. The molecule has 0 unspecified atom stereocenters. The molecule has 21 heavy (non-hydrogen) atoms. The van der Waals surface area contributed by atoms with Gasteiger partial charge in [-0.25, -0.2) is 18.1 Å². The van der Waals surface area contributed by atoms with Gasteiger partial charge in [-0.3, -0.25) is 0 Å². The fourth-order valence-corrected chi connectivity index (χ4v) is 3.53. The number of aliphatic imine (C=N–C) groups is 1. The average molecular weight is 350 g/mol. The number of nitrogens with zero attached hydrogens (tertiary/aromatic N) is 2. The first-order valence-electron chi connectivity index (χ1n) is 5.84. The normalized spacial score (nSPS) is 12.3. The third-order valence-corrected chi connectivity index (χ3v) is 5.10. The van der Waals surface area contributed by atoms with Crippen LogP contribution >= 0.6 is 23.1 Å². The summed E-state index contributed by atoms with van der Waals surface area (Å²) >= 11 is 2.96. The van der Waals surface area contributed by atoms with Crippen molar-refractivity contribution >= 4 is 44.2 Å². The molecule has 7 N–H and O–H groups in total. The Hall–Kier alpha value is -1.30. The van der Waals surface area contributed by atoms with E-state index in [1.54, 1.807) is 11.8 Å². The predicted molar refractivity (Wildman–Crippen MR) is 88.6 cm³/mol. The lowest BCUT2D eigenvalue weighted by Crippen LogP contribution is -2.21. The van der Waals surface area contributed by atoms with E-state index in [-0.39, 0.29) is 5.96 Å². The van der Waals surface area contributed by atoms with E-state index in [4.69, 9.17) is 17.2 Å². The number of allylic oxidation sites excluding steroid dienone is 1. The second-order valence-electron chi connectivity index (χ2n) is 3.90. The number of nitrogens with two attached hydrogens (primary N) is 3. The number of guanidine groups is 1. The molecule has 0 spiro atoms. The summed E-state index contributed by atoms with van der Waals surface area (Å²) in [5.74, 6) is 1.35. The first-order valence-corrected chi connectivity index (χ1v) is 9.42. The molecule has 1 aromatic rings. The number of nitrogens with one attached hydrogen (secondary N) is 1. The molecule has 0 aliphatic heterocycles. The van der Waals surface area contributed by atoms with Crippen LogP contribution in [0.15, 0.2) is 21.5 Å². The maximum absolute atomic E-state index is 11.2. The van der Waals surface area contributed by atoms with Crippen LogP contribution in [0.5, 0.6) is 0 Å². The van der Waals surface area contributed by atoms with Gasteiger partial charge in [0.1, 0.15) is 0 Å². The molecule has 11 heteroatoms. The monoisotopic (exact) mass is 350 g/mol. The number of hydrogen-bond acceptors (Lipinski definition) is 7. The topological polar surface area (TPSA) is 149 Å². The Morgan fingerprint density at radius 1 is 1.52 bits per heavy atom. The van der Waals surface area contributed by atoms with Crippen LogP contribution < -0.4 is 21.9 Å². The number of thiazole rings is 1. The summed E-state index contributed by atoms with van der Waals surface area (Å²) in [5.41, 5.74) is 17.4. The van der Waals surface area contributed by atoms with E-state index in [0.29, 0.717) is 28.8 Å². The molecule has 0 radical (unpaired) electrons. The van der Waals surface area contributed by atoms with Gasteiger partial charge in [0.05, 0.1) is 11.1 Å². The molecular weight excluding hydrogens is 332 g/mol. The van der Waals surface area contributed by atoms with Crippen LogP contribution in [0.2, 0.25) is 0 Å². The van der Waals surface area contributed by atoms with Crippen molar-refractivity contribution < 1.29 is 8.42 Å². The summed E-state index contributed by atoms with van der Waals surface area (Å²) in [6.07, 6.45) is 0.483. The number of aromatic nitrogens is 1. The number of rotatable bonds is 8. The van der Waals surface area contributed by atoms with Crippen molar-refractivity contribution in [2.45, 2.75) is 12.2 Å². The van der Waals surface area contributed by atoms with E-state index in [1.165, 1.54) is 18.4 Å². The minimum Gasteiger partial charge on any atom is -0.401 e. The first-order chi connectivity index (χ1) is 9.82. The molecule has 8 nitrogen and oxygen atoms in total. The highest BCUT2D eigenvalue weighted by Gasteiger charge is 2.05. The van der Waals surface area contributed by atoms with Crippen LogP contribution in [0.3, 0.4) is 0 Å². The smallest absolute Gasteiger partial charge is 0.235 e. The standard InChI is InChI=1S/C10H18N6O2S3/c1-14-21(17,18)6-7(11)2-3-19-4-8-5-20-10(15-8)16-9(12)13/h5-6,14H,2-4,11H2,1H3,(H4,12,13,15,16)/b7-6-. The Kier molecular flexibility index (Phi) is 6.95. The van der Waals surface area contributed by atoms with Gasteiger partial charge >= 0.3 is 0 Å². The van der Waals surface area contributed by atoms with E-state index in [2.05, 4.69) is 14.7 Å². The molecule has 0 fully saturated rings. The highest BCUT2D eigenvalue weighted by molar-refractivity contribution is 7.98. The third kappa shape index (κ3) is 7.32. The zero-order chi connectivity index (χ0) is 15.9. The van der Waals surface area contributed by atoms with Crippen molar-refractivity contribution in [3.8, 4) is 0 Å². The predicted octanol–water partition coefficient (Wildman–Crippen LogP) is 0.0206. The summed E-state index contributed by atoms with van der Waals surface area (Å²) in [5, 5.41) is 3.43. The number of hydrogen-bond donors (Lipinski definition) is 4. The van der Waals surface area contributed by atoms with Crippen molar-refractivity contribution in [2.75, 3.05) is 12.8 Å². The molecule has 0 amide bonds. The maximum atomic E-state index is 11.2. The molecule has 0 bridgehead atoms. The summed E-state index contributed by atoms with van der Waals surface area (Å²) < 4.78 is 24.7. The molecule has 0 aliphatic rings. The summed E-state index contributed by atoms with van der Waals surface area (Å²) in [6, 6.07) is 0. The Morgan fingerprint density at radius 3 is 2.86 bits per heavy atom. The van der Waals surface area contributed by atoms with Crippen molar-refractivity contribution in [2.24, 2.45) is 22.2 Å². The van der Waals surface area contributed by atoms with Crippen LogP contribution in [0.25, 0.3) is 0 Å². The second kappa shape index (κ2) is 8.22. The quantitative estimate of drug-likeness (QED) is 0.293. The lowest BCUT2D eigenvalue weighted by molar-refractivity contribution is 0.597. The molecular formula is C10H18N6O2S3. The average Bonchev–Trinajstić information content (AvgIpc) is 2.81. The van der Waals surface area contributed by atoms with Crippen molar-refractivity contribution in [1.29, 1.82) is 0 Å². The SMILES string of the molecule is CNS(=O)(=O)/C=C(\N)CCSCc1csc(N=C(N)N)n1. The molecule has 0 saturated heterocycles. The fourth-order valence-electron chi connectivity index (χ4n) is 1.21. The van der Waals surface area contributed by atoms with Crippen LogP contribution in [0, 0.1) is 0 Å². The Morgan fingerprint density at radius 2 is 2.24 bits per heavy atom. The highest BCUT2D eigenvalue weighted by atomic mass is 32.2. The van der Waals surface area contributed by atoms with Gasteiger partial charge in [-0.2, -0.15) is 16.8 Å². The van der Waals surface area contributed by atoms with Gasteiger partial charge in [0, 0.05) is 16.8 Å². The van der Waals surface area contributed by atoms with Crippen LogP contribution in [-0.4, -0.2) is 32.2 Å². The van der Waals surface area contributed by atoms with E-state index in [1.807, 2.05) is 5.38 Å². The Bertz CT molecular complexity index is 618. The summed E-state index contributed by atoms with van der Waals surface area (Å²) in [4.78, 5) is 8.09. The van der Waals surface area contributed by atoms with Gasteiger partial charge in [-0.05, 0) is 19.2 Å². The van der Waals surface area contributed by atoms with Crippen LogP contribution in [0.4, 0.5) is 5.13 Å². The Balaban J connectivity index is 2.38. The van der Waals surface area contributed by atoms with Gasteiger partial charge in [0.15, 0.2) is 5.96 Å². The van der Waals surface area contributed by atoms with E-state index >= 15 is 0 Å². The van der Waals surface area contributed by atoms with Crippen molar-refractivity contribution in [1.82, 2.24) is 9.71 Å². The highest BCUT2D eigenvalue weighted by Crippen LogP contribution is 2.22. The molecule has 0 aliphatic carbocycles. The minimum absolute atomic E-state index is 0.0211. The first kappa shape index (κ1) is 17.8. The summed E-state index contributed by atoms with van der Waals surface area (Å²) in [6.45, 7) is 0. The molecule has 0 aromatic carbocycles. The van der Waals surface area contributed by atoms with E-state index < -0.39 is 10.0 Å². The van der Waals surface area contributed by atoms with Crippen molar-refractivity contribution in [3.63, 3.8) is 0 Å². The van der Waals surface area contributed by atoms with Crippen molar-refractivity contribution in [3.05, 3.63) is 22.2 Å². The molecule has 1 heterocycles. The van der Waals surface area contributed by atoms with Gasteiger partial charge in [-0.15, -0.1) is 11.3 Å². The summed E-state index contributed by atoms with van der Waals surface area (Å²) in [7, 11) is -2.07. The zero-order valence-corrected chi connectivity index (χ0v) is 13.9. The third-order valence-electron chi connectivity index (χ3n) is 2.14. The van der Waals surface area contributed by atoms with E-state index in [9.17, 15) is 8.42 Å². The van der Waals surface area contributed by atoms with Crippen LogP contribution in [-0.2, 0) is 15.8 Å². The largest absolute Gasteiger partial charge is 0.401 e. The van der Waals surface area contributed by atoms with Gasteiger partial charge in [0.25, 0.3) is 0 Å². The molecule has 1 rings (SSSR count). The van der Waals surface area contributed by atoms with Crippen LogP contribution in [0.1, 0.15) is 12.1 Å². The second-order valence-corrected chi connectivity index (χ2v) is 7.58. The molecule has 1 aromatic heterocycles. The van der Waals surface area contributed by atoms with Gasteiger partial charge in [0.2, 0.25) is 15.2 Å². The lowest BCUT2D eigenvalue weighted by Gasteiger charge is -2.02. The molecule has 0 saturated carbocycles. The molecule has 0 atom stereocenters. The van der Waals surface area contributed by atoms with Gasteiger partial charge < -0.3 is 17.2 Å². The minimum atomic E-state index is -3.41. The Labute approximate surface area is 132 Å². The van der Waals surface area contributed by atoms with Gasteiger partial charge in [-0.1, -0.05) is 0 Å². The molecule has 118 valence electrons. The fraction of sp³-hybridized carbons (Fsp3) is 0.400. The maximum Gasteiger partial charge on any atom is 0.235 e.